The van der Waals surface area contributed by atoms with Gasteiger partial charge in [-0.25, -0.2) is 0 Å². The summed E-state index contributed by atoms with van der Waals surface area (Å²) in [5, 5.41) is 0. The molecule has 0 saturated carbocycles. The summed E-state index contributed by atoms with van der Waals surface area (Å²) in [6.45, 7) is 3.31. The third-order valence-corrected chi connectivity index (χ3v) is 0.854. The molecule has 0 heterocycles. The summed E-state index contributed by atoms with van der Waals surface area (Å²) in [7, 11) is 0. The SMILES string of the molecule is CCCCC[NH3+].[Cl-]. The van der Waals surface area contributed by atoms with E-state index in [4.69, 9.17) is 0 Å². The topological polar surface area (TPSA) is 27.6 Å². The van der Waals surface area contributed by atoms with Crippen LogP contribution in [0, 0.1) is 0 Å². The van der Waals surface area contributed by atoms with Crippen LogP contribution in [-0.4, -0.2) is 6.54 Å². The predicted octanol–water partition coefficient (Wildman–Crippen LogP) is -2.58. The van der Waals surface area contributed by atoms with Crippen molar-refractivity contribution in [1.82, 2.24) is 0 Å². The third-order valence-electron chi connectivity index (χ3n) is 0.854. The highest BCUT2D eigenvalue weighted by Crippen LogP contribution is 1.87. The molecule has 0 atom stereocenters. The van der Waals surface area contributed by atoms with Crippen LogP contribution in [-0.2, 0) is 0 Å². The lowest BCUT2D eigenvalue weighted by Gasteiger charge is -1.84. The normalized spacial score (nSPS) is 7.71. The van der Waals surface area contributed by atoms with E-state index in [0.717, 1.165) is 6.54 Å². The largest absolute Gasteiger partial charge is 1.00 e. The van der Waals surface area contributed by atoms with Crippen LogP contribution in [0.25, 0.3) is 0 Å². The lowest BCUT2D eigenvalue weighted by atomic mass is 10.3. The Balaban J connectivity index is 0. The monoisotopic (exact) mass is 123 g/mol. The van der Waals surface area contributed by atoms with Gasteiger partial charge in [0.15, 0.2) is 0 Å². The summed E-state index contributed by atoms with van der Waals surface area (Å²) in [6, 6.07) is 0. The Morgan fingerprint density at radius 3 is 2.00 bits per heavy atom. The molecule has 0 aliphatic rings. The highest BCUT2D eigenvalue weighted by atomic mass is 35.5. The number of quaternary nitrogens is 1. The number of unbranched alkanes of at least 4 members (excludes halogenated alkanes) is 2. The molecule has 0 amide bonds. The van der Waals surface area contributed by atoms with Gasteiger partial charge >= 0.3 is 0 Å². The molecule has 1 nitrogen and oxygen atoms in total. The van der Waals surface area contributed by atoms with Gasteiger partial charge in [-0.05, 0) is 12.8 Å². The molecule has 0 rings (SSSR count). The van der Waals surface area contributed by atoms with Crippen LogP contribution in [0.5, 0.6) is 0 Å². The first-order valence-electron chi connectivity index (χ1n) is 2.71. The Morgan fingerprint density at radius 2 is 1.86 bits per heavy atom. The lowest BCUT2D eigenvalue weighted by molar-refractivity contribution is -0.368. The fourth-order valence-electron chi connectivity index (χ4n) is 0.427. The summed E-state index contributed by atoms with van der Waals surface area (Å²) in [5.74, 6) is 0. The van der Waals surface area contributed by atoms with Gasteiger partial charge in [0.2, 0.25) is 0 Å². The predicted molar refractivity (Wildman–Crippen MR) is 27.3 cm³/mol. The van der Waals surface area contributed by atoms with Gasteiger partial charge in [0.05, 0.1) is 6.54 Å². The van der Waals surface area contributed by atoms with Crippen molar-refractivity contribution in [3.63, 3.8) is 0 Å². The van der Waals surface area contributed by atoms with E-state index < -0.39 is 0 Å². The minimum Gasteiger partial charge on any atom is -1.00 e. The molecule has 3 N–H and O–H groups in total. The van der Waals surface area contributed by atoms with Gasteiger partial charge in [-0.15, -0.1) is 0 Å². The molecule has 2 heteroatoms. The minimum absolute atomic E-state index is 0. The van der Waals surface area contributed by atoms with Crippen LogP contribution in [0.15, 0.2) is 0 Å². The summed E-state index contributed by atoms with van der Waals surface area (Å²) >= 11 is 0. The van der Waals surface area contributed by atoms with Crippen LogP contribution >= 0.6 is 0 Å². The van der Waals surface area contributed by atoms with Gasteiger partial charge < -0.3 is 18.1 Å². The van der Waals surface area contributed by atoms with E-state index in [1.165, 1.54) is 19.3 Å². The van der Waals surface area contributed by atoms with Crippen LogP contribution in [0.1, 0.15) is 26.2 Å². The van der Waals surface area contributed by atoms with E-state index in [-0.39, 0.29) is 12.4 Å². The van der Waals surface area contributed by atoms with Crippen LogP contribution < -0.4 is 18.1 Å². The van der Waals surface area contributed by atoms with Crippen molar-refractivity contribution in [3.8, 4) is 0 Å². The average molecular weight is 124 g/mol. The molecular weight excluding hydrogens is 110 g/mol. The average Bonchev–Trinajstić information content (AvgIpc) is 1.61. The van der Waals surface area contributed by atoms with Crippen molar-refractivity contribution in [2.24, 2.45) is 0 Å². The molecule has 46 valence electrons. The maximum atomic E-state index is 3.72. The van der Waals surface area contributed by atoms with E-state index in [2.05, 4.69) is 12.7 Å². The maximum absolute atomic E-state index is 3.72. The summed E-state index contributed by atoms with van der Waals surface area (Å²) in [5.41, 5.74) is 3.72. The van der Waals surface area contributed by atoms with Crippen LogP contribution in [0.3, 0.4) is 0 Å². The Kier molecular flexibility index (Phi) is 14.0. The van der Waals surface area contributed by atoms with E-state index >= 15 is 0 Å². The van der Waals surface area contributed by atoms with Gasteiger partial charge in [0.1, 0.15) is 0 Å². The Bertz CT molecular complexity index is 20.0. The fourth-order valence-corrected chi connectivity index (χ4v) is 0.427. The first-order chi connectivity index (χ1) is 2.91. The molecule has 0 unspecified atom stereocenters. The first-order valence-corrected chi connectivity index (χ1v) is 2.71. The van der Waals surface area contributed by atoms with Crippen molar-refractivity contribution in [3.05, 3.63) is 0 Å². The molecule has 7 heavy (non-hydrogen) atoms. The molecule has 0 aromatic carbocycles. The smallest absolute Gasteiger partial charge is 0.0739 e. The second kappa shape index (κ2) is 9.54. The second-order valence-corrected chi connectivity index (χ2v) is 1.56. The second-order valence-electron chi connectivity index (χ2n) is 1.56. The molecule has 0 aromatic rings. The molecule has 0 aliphatic heterocycles. The van der Waals surface area contributed by atoms with Crippen molar-refractivity contribution in [2.75, 3.05) is 6.54 Å². The zero-order valence-corrected chi connectivity index (χ0v) is 5.67. The van der Waals surface area contributed by atoms with E-state index in [0.29, 0.717) is 0 Å². The number of hydrogen-bond donors (Lipinski definition) is 1. The Labute approximate surface area is 51.7 Å². The number of rotatable bonds is 3. The molecule has 0 aliphatic carbocycles. The number of halogens is 1. The molecule has 0 saturated heterocycles. The summed E-state index contributed by atoms with van der Waals surface area (Å²) in [6.07, 6.45) is 3.97. The zero-order chi connectivity index (χ0) is 4.83. The molecule has 0 radical (unpaired) electrons. The van der Waals surface area contributed by atoms with Crippen molar-refractivity contribution >= 4 is 0 Å². The Morgan fingerprint density at radius 1 is 1.29 bits per heavy atom. The molecule has 0 spiro atoms. The molecule has 0 aromatic heterocycles. The number of hydrogen-bond acceptors (Lipinski definition) is 0. The maximum Gasteiger partial charge on any atom is 0.0739 e. The summed E-state index contributed by atoms with van der Waals surface area (Å²) < 4.78 is 0. The van der Waals surface area contributed by atoms with Crippen molar-refractivity contribution in [2.45, 2.75) is 26.2 Å². The van der Waals surface area contributed by atoms with Gasteiger partial charge in [0, 0.05) is 0 Å². The standard InChI is InChI=1S/C5H13N.ClH/c1-2-3-4-5-6;/h2-6H2,1H3;1H. The van der Waals surface area contributed by atoms with Crippen LogP contribution in [0.4, 0.5) is 0 Å². The molecule has 0 bridgehead atoms. The van der Waals surface area contributed by atoms with Gasteiger partial charge in [0.25, 0.3) is 0 Å². The van der Waals surface area contributed by atoms with E-state index in [9.17, 15) is 0 Å². The van der Waals surface area contributed by atoms with Crippen LogP contribution in [0.2, 0.25) is 0 Å². The van der Waals surface area contributed by atoms with E-state index in [1.807, 2.05) is 0 Å². The van der Waals surface area contributed by atoms with Gasteiger partial charge in [-0.2, -0.15) is 0 Å². The minimum atomic E-state index is 0. The molecular formula is C5H14ClN. The summed E-state index contributed by atoms with van der Waals surface area (Å²) in [4.78, 5) is 0. The van der Waals surface area contributed by atoms with Gasteiger partial charge in [-0.3, -0.25) is 0 Å². The quantitative estimate of drug-likeness (QED) is 0.400. The highest BCUT2D eigenvalue weighted by Gasteiger charge is 1.77. The lowest BCUT2D eigenvalue weighted by Crippen LogP contribution is -3.00. The van der Waals surface area contributed by atoms with E-state index in [1.54, 1.807) is 0 Å². The Hall–Kier alpha value is 0.250. The van der Waals surface area contributed by atoms with Gasteiger partial charge in [-0.1, -0.05) is 13.3 Å². The fraction of sp³-hybridized carbons (Fsp3) is 1.00. The highest BCUT2D eigenvalue weighted by molar-refractivity contribution is 4.29. The first kappa shape index (κ1) is 10.3. The zero-order valence-electron chi connectivity index (χ0n) is 4.91. The van der Waals surface area contributed by atoms with Crippen molar-refractivity contribution in [1.29, 1.82) is 0 Å². The van der Waals surface area contributed by atoms with Crippen molar-refractivity contribution < 1.29 is 18.1 Å². The third kappa shape index (κ3) is 10.7. The molecule has 0 fully saturated rings.